The van der Waals surface area contributed by atoms with E-state index in [4.69, 9.17) is 11.6 Å². The Morgan fingerprint density at radius 3 is 2.91 bits per heavy atom. The second kappa shape index (κ2) is 2.10. The summed E-state index contributed by atoms with van der Waals surface area (Å²) in [6.07, 6.45) is 2.57. The number of dihydropyridines is 1. The Bertz CT molecular complexity index is 351. The molecule has 0 fully saturated rings. The van der Waals surface area contributed by atoms with Crippen molar-refractivity contribution in [3.63, 3.8) is 0 Å². The van der Waals surface area contributed by atoms with Crippen LogP contribution >= 0.6 is 11.6 Å². The molecule has 5 heteroatoms. The van der Waals surface area contributed by atoms with E-state index in [-0.39, 0.29) is 11.6 Å². The average molecular weight is 168 g/mol. The molecule has 0 atom stereocenters. The van der Waals surface area contributed by atoms with Crippen LogP contribution in [-0.2, 0) is 4.79 Å². The largest absolute Gasteiger partial charge is 0.297 e. The molecule has 0 radical (unpaired) electrons. The summed E-state index contributed by atoms with van der Waals surface area (Å²) in [6.45, 7) is 0. The molecule has 2 aliphatic rings. The van der Waals surface area contributed by atoms with Crippen LogP contribution in [0.15, 0.2) is 25.7 Å². The van der Waals surface area contributed by atoms with Crippen molar-refractivity contribution in [3.8, 4) is 0 Å². The number of amides is 1. The molecule has 0 saturated carbocycles. The molecule has 2 aliphatic heterocycles. The number of hydrogen-bond donors (Lipinski definition) is 0. The maximum Gasteiger partial charge on any atom is 0.297 e. The monoisotopic (exact) mass is 167 g/mol. The van der Waals surface area contributed by atoms with Crippen molar-refractivity contribution in [3.05, 3.63) is 10.7 Å². The van der Waals surface area contributed by atoms with Crippen molar-refractivity contribution >= 4 is 35.8 Å². The van der Waals surface area contributed by atoms with E-state index < -0.39 is 0 Å². The van der Waals surface area contributed by atoms with Gasteiger partial charge in [-0.15, -0.1) is 0 Å². The SMILES string of the molecule is O=C1N=CC(Cl)=C2N=CN=C12. The van der Waals surface area contributed by atoms with Crippen LogP contribution in [0.2, 0.25) is 0 Å². The van der Waals surface area contributed by atoms with Gasteiger partial charge in [0.25, 0.3) is 5.91 Å². The minimum Gasteiger partial charge on any atom is -0.265 e. The van der Waals surface area contributed by atoms with Crippen LogP contribution in [0, 0.1) is 0 Å². The molecule has 0 aromatic carbocycles. The lowest BCUT2D eigenvalue weighted by molar-refractivity contribution is -0.111. The van der Waals surface area contributed by atoms with Crippen molar-refractivity contribution in [1.82, 2.24) is 0 Å². The molecule has 2 heterocycles. The van der Waals surface area contributed by atoms with Crippen LogP contribution in [0.1, 0.15) is 0 Å². The lowest BCUT2D eigenvalue weighted by atomic mass is 10.2. The van der Waals surface area contributed by atoms with E-state index in [9.17, 15) is 4.79 Å². The van der Waals surface area contributed by atoms with Crippen molar-refractivity contribution in [2.24, 2.45) is 15.0 Å². The summed E-state index contributed by atoms with van der Waals surface area (Å²) in [6, 6.07) is 0. The molecule has 0 N–H and O–H groups in total. The van der Waals surface area contributed by atoms with Gasteiger partial charge in [-0.2, -0.15) is 0 Å². The number of fused-ring (bicyclic) bond motifs is 1. The van der Waals surface area contributed by atoms with E-state index >= 15 is 0 Å². The molecular weight excluding hydrogens is 166 g/mol. The second-order valence-corrected chi connectivity index (χ2v) is 2.39. The maximum absolute atomic E-state index is 10.9. The van der Waals surface area contributed by atoms with Gasteiger partial charge in [-0.25, -0.2) is 15.0 Å². The number of halogens is 1. The Morgan fingerprint density at radius 1 is 1.36 bits per heavy atom. The van der Waals surface area contributed by atoms with E-state index in [1.54, 1.807) is 0 Å². The van der Waals surface area contributed by atoms with E-state index in [1.807, 2.05) is 0 Å². The predicted molar refractivity (Wildman–Crippen MR) is 42.3 cm³/mol. The zero-order valence-corrected chi connectivity index (χ0v) is 6.04. The van der Waals surface area contributed by atoms with Gasteiger partial charge in [0.05, 0.1) is 11.2 Å². The third-order valence-corrected chi connectivity index (χ3v) is 1.60. The molecule has 0 aromatic heterocycles. The lowest BCUT2D eigenvalue weighted by Gasteiger charge is -2.02. The van der Waals surface area contributed by atoms with Gasteiger partial charge in [-0.3, -0.25) is 4.79 Å². The first-order valence-electron chi connectivity index (χ1n) is 2.88. The molecular formula is C6H2ClN3O. The minimum atomic E-state index is -0.387. The molecule has 4 nitrogen and oxygen atoms in total. The summed E-state index contributed by atoms with van der Waals surface area (Å²) in [5.74, 6) is -0.387. The average Bonchev–Trinajstić information content (AvgIpc) is 2.45. The number of rotatable bonds is 0. The molecule has 54 valence electrons. The third-order valence-electron chi connectivity index (χ3n) is 1.32. The van der Waals surface area contributed by atoms with Gasteiger partial charge in [0.15, 0.2) is 5.71 Å². The molecule has 0 aliphatic carbocycles. The molecule has 0 spiro atoms. The summed E-state index contributed by atoms with van der Waals surface area (Å²) in [5.41, 5.74) is 0.657. The van der Waals surface area contributed by atoms with Crippen LogP contribution < -0.4 is 0 Å². The number of nitrogens with zero attached hydrogens (tertiary/aromatic N) is 3. The first kappa shape index (κ1) is 6.42. The Kier molecular flexibility index (Phi) is 1.22. The van der Waals surface area contributed by atoms with Crippen molar-refractivity contribution in [2.45, 2.75) is 0 Å². The molecule has 11 heavy (non-hydrogen) atoms. The fourth-order valence-electron chi connectivity index (χ4n) is 0.835. The first-order valence-corrected chi connectivity index (χ1v) is 3.26. The fraction of sp³-hybridized carbons (Fsp3) is 0. The standard InChI is InChI=1S/C6H2ClN3O/c7-3-1-8-6(11)5-4(3)9-2-10-5/h1-2H. The number of carbonyl (C=O) groups is 1. The smallest absolute Gasteiger partial charge is 0.265 e. The quantitative estimate of drug-likeness (QED) is 0.519. The number of allylic oxidation sites excluding steroid dienone is 1. The van der Waals surface area contributed by atoms with E-state index in [1.165, 1.54) is 12.6 Å². The van der Waals surface area contributed by atoms with E-state index in [0.717, 1.165) is 0 Å². The third kappa shape index (κ3) is 0.832. The zero-order chi connectivity index (χ0) is 7.84. The fourth-order valence-corrected chi connectivity index (χ4v) is 1.02. The number of carbonyl (C=O) groups excluding carboxylic acids is 1. The molecule has 0 unspecified atom stereocenters. The van der Waals surface area contributed by atoms with Crippen molar-refractivity contribution in [2.75, 3.05) is 0 Å². The molecule has 0 saturated heterocycles. The normalized spacial score (nSPS) is 20.8. The van der Waals surface area contributed by atoms with E-state index in [2.05, 4.69) is 15.0 Å². The predicted octanol–water partition coefficient (Wildman–Crippen LogP) is 0.531. The highest BCUT2D eigenvalue weighted by Crippen LogP contribution is 2.18. The molecule has 2 rings (SSSR count). The Morgan fingerprint density at radius 2 is 2.18 bits per heavy atom. The van der Waals surface area contributed by atoms with Gasteiger partial charge in [-0.05, 0) is 0 Å². The number of aliphatic imine (C=N–C) groups is 3. The topological polar surface area (TPSA) is 54.1 Å². The van der Waals surface area contributed by atoms with Crippen LogP contribution in [0.25, 0.3) is 0 Å². The molecule has 1 amide bonds. The highest BCUT2D eigenvalue weighted by molar-refractivity contribution is 6.55. The summed E-state index contributed by atoms with van der Waals surface area (Å²) in [7, 11) is 0. The van der Waals surface area contributed by atoms with E-state index in [0.29, 0.717) is 10.7 Å². The van der Waals surface area contributed by atoms with Crippen LogP contribution in [-0.4, -0.2) is 24.2 Å². The highest BCUT2D eigenvalue weighted by Gasteiger charge is 2.24. The Hall–Kier alpha value is -1.29. The summed E-state index contributed by atoms with van der Waals surface area (Å²) in [5, 5.41) is 0.358. The van der Waals surface area contributed by atoms with Crippen molar-refractivity contribution < 1.29 is 4.79 Å². The maximum atomic E-state index is 10.9. The minimum absolute atomic E-state index is 0.234. The summed E-state index contributed by atoms with van der Waals surface area (Å²) in [4.78, 5) is 21.9. The van der Waals surface area contributed by atoms with Gasteiger partial charge in [0, 0.05) is 0 Å². The lowest BCUT2D eigenvalue weighted by Crippen LogP contribution is -2.16. The van der Waals surface area contributed by atoms with Crippen molar-refractivity contribution in [1.29, 1.82) is 0 Å². The Labute approximate surface area is 67.0 Å². The van der Waals surface area contributed by atoms with Gasteiger partial charge >= 0.3 is 0 Å². The van der Waals surface area contributed by atoms with Crippen LogP contribution in [0.4, 0.5) is 0 Å². The van der Waals surface area contributed by atoms with Gasteiger partial charge in [0.1, 0.15) is 12.0 Å². The van der Waals surface area contributed by atoms with Gasteiger partial charge in [-0.1, -0.05) is 11.6 Å². The van der Waals surface area contributed by atoms with Crippen LogP contribution in [0.3, 0.4) is 0 Å². The van der Waals surface area contributed by atoms with Crippen LogP contribution in [0.5, 0.6) is 0 Å². The number of hydrogen-bond acceptors (Lipinski definition) is 3. The summed E-state index contributed by atoms with van der Waals surface area (Å²) >= 11 is 5.67. The van der Waals surface area contributed by atoms with Gasteiger partial charge < -0.3 is 0 Å². The Balaban J connectivity index is 2.60. The van der Waals surface area contributed by atoms with Gasteiger partial charge in [0.2, 0.25) is 0 Å². The highest BCUT2D eigenvalue weighted by atomic mass is 35.5. The zero-order valence-electron chi connectivity index (χ0n) is 5.28. The summed E-state index contributed by atoms with van der Waals surface area (Å²) < 4.78 is 0. The molecule has 0 bridgehead atoms. The first-order chi connectivity index (χ1) is 5.29. The molecule has 0 aromatic rings. The second-order valence-electron chi connectivity index (χ2n) is 1.98.